The van der Waals surface area contributed by atoms with Crippen LogP contribution in [0.1, 0.15) is 6.42 Å². The minimum atomic E-state index is -3.36. The summed E-state index contributed by atoms with van der Waals surface area (Å²) in [5.41, 5.74) is 0. The van der Waals surface area contributed by atoms with Gasteiger partial charge in [0.15, 0.2) is 6.33 Å². The Balaban J connectivity index is 1.63. The van der Waals surface area contributed by atoms with E-state index in [2.05, 4.69) is 25.4 Å². The third-order valence-electron chi connectivity index (χ3n) is 3.74. The normalized spacial score (nSPS) is 31.5. The first-order valence-corrected chi connectivity index (χ1v) is 8.42. The number of hydrogen-bond acceptors (Lipinski definition) is 7. The summed E-state index contributed by atoms with van der Waals surface area (Å²) >= 11 is 0. The van der Waals surface area contributed by atoms with Crippen LogP contribution < -0.4 is 10.0 Å². The molecular formula is C10H16N6O4S. The zero-order valence-electron chi connectivity index (χ0n) is 11.3. The van der Waals surface area contributed by atoms with Crippen LogP contribution in [0.3, 0.4) is 0 Å². The molecule has 0 bridgehead atoms. The Morgan fingerprint density at radius 1 is 1.48 bits per heavy atom. The molecule has 21 heavy (non-hydrogen) atoms. The first-order valence-electron chi connectivity index (χ1n) is 6.53. The monoisotopic (exact) mass is 316 g/mol. The Kier molecular flexibility index (Phi) is 3.63. The van der Waals surface area contributed by atoms with Crippen molar-refractivity contribution in [3.8, 4) is 0 Å². The predicted molar refractivity (Wildman–Crippen MR) is 69.4 cm³/mol. The smallest absolute Gasteiger partial charge is 0.243 e. The van der Waals surface area contributed by atoms with E-state index in [0.29, 0.717) is 6.61 Å². The number of hydrogen-bond donors (Lipinski definition) is 2. The molecule has 1 amide bonds. The lowest BCUT2D eigenvalue weighted by atomic mass is 9.72. The van der Waals surface area contributed by atoms with Gasteiger partial charge >= 0.3 is 0 Å². The molecule has 4 atom stereocenters. The van der Waals surface area contributed by atoms with Gasteiger partial charge in [-0.3, -0.25) is 4.79 Å². The Labute approximate surface area is 121 Å². The molecule has 1 saturated heterocycles. The number of amides is 1. The summed E-state index contributed by atoms with van der Waals surface area (Å²) < 4.78 is 30.8. The highest BCUT2D eigenvalue weighted by molar-refractivity contribution is 7.88. The van der Waals surface area contributed by atoms with E-state index < -0.39 is 16.1 Å². The van der Waals surface area contributed by atoms with E-state index in [1.807, 2.05) is 0 Å². The molecule has 2 N–H and O–H groups in total. The molecule has 2 aliphatic rings. The molecular weight excluding hydrogens is 300 g/mol. The quantitative estimate of drug-likeness (QED) is 0.614. The van der Waals surface area contributed by atoms with Crippen LogP contribution in [-0.2, 0) is 26.1 Å². The van der Waals surface area contributed by atoms with Crippen molar-refractivity contribution in [1.82, 2.24) is 30.2 Å². The number of tetrazole rings is 1. The van der Waals surface area contributed by atoms with Gasteiger partial charge in [-0.05, 0) is 11.6 Å². The maximum atomic E-state index is 12.0. The Bertz CT molecular complexity index is 618. The van der Waals surface area contributed by atoms with E-state index in [1.54, 1.807) is 0 Å². The number of rotatable bonds is 5. The highest BCUT2D eigenvalue weighted by Gasteiger charge is 2.55. The van der Waals surface area contributed by atoms with Crippen LogP contribution in [0.25, 0.3) is 0 Å². The van der Waals surface area contributed by atoms with Gasteiger partial charge in [0.1, 0.15) is 6.54 Å². The van der Waals surface area contributed by atoms with Gasteiger partial charge in [-0.15, -0.1) is 10.2 Å². The summed E-state index contributed by atoms with van der Waals surface area (Å²) in [6.45, 7) is 0.522. The molecule has 0 aromatic carbocycles. The van der Waals surface area contributed by atoms with Crippen LogP contribution in [0, 0.1) is 5.92 Å². The van der Waals surface area contributed by atoms with Gasteiger partial charge in [0.2, 0.25) is 15.9 Å². The number of fused-ring (bicyclic) bond motifs is 1. The summed E-state index contributed by atoms with van der Waals surface area (Å²) in [4.78, 5) is 13.1. The average Bonchev–Trinajstić information content (AvgIpc) is 3.01. The number of nitrogens with one attached hydrogen (secondary N) is 2. The maximum Gasteiger partial charge on any atom is 0.243 e. The molecule has 1 aromatic heterocycles. The summed E-state index contributed by atoms with van der Waals surface area (Å²) in [6, 6.07) is -0.705. The third-order valence-corrected chi connectivity index (χ3v) is 4.44. The third kappa shape index (κ3) is 3.04. The predicted octanol–water partition coefficient (Wildman–Crippen LogP) is -2.51. The molecule has 3 rings (SSSR count). The highest BCUT2D eigenvalue weighted by atomic mass is 32.2. The van der Waals surface area contributed by atoms with Crippen LogP contribution in [0.5, 0.6) is 0 Å². The fraction of sp³-hybridized carbons (Fsp3) is 0.800. The van der Waals surface area contributed by atoms with Crippen LogP contribution in [0.4, 0.5) is 0 Å². The number of carbonyl (C=O) groups is 1. The zero-order chi connectivity index (χ0) is 15.0. The molecule has 11 heteroatoms. The molecule has 1 aliphatic carbocycles. The van der Waals surface area contributed by atoms with Crippen molar-refractivity contribution in [2.24, 2.45) is 5.92 Å². The van der Waals surface area contributed by atoms with E-state index in [-0.39, 0.29) is 30.5 Å². The molecule has 10 nitrogen and oxygen atoms in total. The van der Waals surface area contributed by atoms with E-state index >= 15 is 0 Å². The van der Waals surface area contributed by atoms with Gasteiger partial charge in [-0.1, -0.05) is 0 Å². The number of carbonyl (C=O) groups excluding carboxylic acids is 1. The van der Waals surface area contributed by atoms with Crippen LogP contribution in [0.2, 0.25) is 0 Å². The van der Waals surface area contributed by atoms with Crippen molar-refractivity contribution in [3.63, 3.8) is 0 Å². The van der Waals surface area contributed by atoms with E-state index in [0.717, 1.165) is 17.5 Å². The first kappa shape index (κ1) is 14.4. The molecule has 116 valence electrons. The van der Waals surface area contributed by atoms with Crippen LogP contribution in [0.15, 0.2) is 6.33 Å². The van der Waals surface area contributed by atoms with Gasteiger partial charge in [0, 0.05) is 12.5 Å². The maximum absolute atomic E-state index is 12.0. The minimum absolute atomic E-state index is 0.0552. The summed E-state index contributed by atoms with van der Waals surface area (Å²) in [5, 5.41) is 13.7. The SMILES string of the molecule is CS(=O)(=O)N[C@@H]1[C@@H](NC(=O)Cn2ncnn2)[C@H]2CCO[C@H]21. The van der Waals surface area contributed by atoms with Crippen molar-refractivity contribution in [3.05, 3.63) is 6.33 Å². The molecule has 1 aromatic rings. The van der Waals surface area contributed by atoms with Crippen molar-refractivity contribution in [1.29, 1.82) is 0 Å². The van der Waals surface area contributed by atoms with Crippen molar-refractivity contribution in [2.75, 3.05) is 12.9 Å². The summed E-state index contributed by atoms with van der Waals surface area (Å²) in [7, 11) is -3.36. The van der Waals surface area contributed by atoms with Crippen molar-refractivity contribution < 1.29 is 17.9 Å². The topological polar surface area (TPSA) is 128 Å². The second-order valence-corrected chi connectivity index (χ2v) is 7.04. The average molecular weight is 316 g/mol. The lowest BCUT2D eigenvalue weighted by Gasteiger charge is -2.47. The number of nitrogens with zero attached hydrogens (tertiary/aromatic N) is 4. The summed E-state index contributed by atoms with van der Waals surface area (Å²) in [6.07, 6.45) is 2.97. The molecule has 2 fully saturated rings. The Morgan fingerprint density at radius 3 is 2.95 bits per heavy atom. The largest absolute Gasteiger partial charge is 0.376 e. The first-order chi connectivity index (χ1) is 9.94. The second-order valence-electron chi connectivity index (χ2n) is 5.26. The summed E-state index contributed by atoms with van der Waals surface area (Å²) in [5.74, 6) is -0.152. The number of aromatic nitrogens is 4. The fourth-order valence-corrected chi connectivity index (χ4v) is 3.69. The molecule has 1 saturated carbocycles. The highest BCUT2D eigenvalue weighted by Crippen LogP contribution is 2.39. The Hall–Kier alpha value is -1.59. The molecule has 0 radical (unpaired) electrons. The minimum Gasteiger partial charge on any atom is -0.376 e. The molecule has 1 aliphatic heterocycles. The van der Waals surface area contributed by atoms with Gasteiger partial charge in [-0.25, -0.2) is 13.1 Å². The Morgan fingerprint density at radius 2 is 2.29 bits per heavy atom. The molecule has 2 heterocycles. The van der Waals surface area contributed by atoms with Gasteiger partial charge in [0.05, 0.1) is 24.4 Å². The second kappa shape index (κ2) is 5.31. The van der Waals surface area contributed by atoms with Gasteiger partial charge in [-0.2, -0.15) is 4.80 Å². The van der Waals surface area contributed by atoms with Crippen molar-refractivity contribution in [2.45, 2.75) is 31.2 Å². The van der Waals surface area contributed by atoms with Gasteiger partial charge < -0.3 is 10.1 Å². The van der Waals surface area contributed by atoms with Gasteiger partial charge in [0.25, 0.3) is 0 Å². The number of sulfonamides is 1. The molecule has 0 unspecified atom stereocenters. The fourth-order valence-electron chi connectivity index (χ4n) is 2.91. The van der Waals surface area contributed by atoms with E-state index in [1.165, 1.54) is 6.33 Å². The van der Waals surface area contributed by atoms with Crippen LogP contribution >= 0.6 is 0 Å². The van der Waals surface area contributed by atoms with Crippen LogP contribution in [-0.4, -0.2) is 65.6 Å². The lowest BCUT2D eigenvalue weighted by Crippen LogP contribution is -2.71. The zero-order valence-corrected chi connectivity index (χ0v) is 12.2. The van der Waals surface area contributed by atoms with Crippen molar-refractivity contribution >= 4 is 15.9 Å². The standard InChI is InChI=1S/C10H16N6O4S/c1-21(18,19)14-9-8(6-2-3-20-10(6)9)13-7(17)4-16-12-5-11-15-16/h5-6,8-10,14H,2-4H2,1H3,(H,13,17)/t6-,8+,9-,10-/m1/s1. The number of ether oxygens (including phenoxy) is 1. The molecule has 0 spiro atoms. The van der Waals surface area contributed by atoms with E-state index in [9.17, 15) is 13.2 Å². The van der Waals surface area contributed by atoms with E-state index in [4.69, 9.17) is 4.74 Å². The lowest BCUT2D eigenvalue weighted by molar-refractivity contribution is -0.126.